The molecule has 23 heavy (non-hydrogen) atoms. The van der Waals surface area contributed by atoms with Gasteiger partial charge < -0.3 is 25.8 Å². The van der Waals surface area contributed by atoms with Crippen LogP contribution in [0.1, 0.15) is 25.7 Å². The smallest absolute Gasteiger partial charge is 0.319 e. The Morgan fingerprint density at radius 2 is 1.87 bits per heavy atom. The summed E-state index contributed by atoms with van der Waals surface area (Å²) in [6.45, 7) is 2.88. The van der Waals surface area contributed by atoms with Gasteiger partial charge in [-0.1, -0.05) is 0 Å². The van der Waals surface area contributed by atoms with Crippen molar-refractivity contribution >= 4 is 11.9 Å². The van der Waals surface area contributed by atoms with Crippen molar-refractivity contribution in [1.29, 1.82) is 0 Å². The molecule has 7 heteroatoms. The number of hydrogen-bond donors (Lipinski definition) is 2. The van der Waals surface area contributed by atoms with Crippen LogP contribution in [0.4, 0.5) is 4.79 Å². The molecule has 3 fully saturated rings. The first-order chi connectivity index (χ1) is 11.0. The molecule has 0 radical (unpaired) electrons. The van der Waals surface area contributed by atoms with Crippen LogP contribution in [-0.2, 0) is 4.79 Å². The Hall–Kier alpha value is -1.34. The molecule has 3 N–H and O–H groups in total. The van der Waals surface area contributed by atoms with Crippen molar-refractivity contribution in [3.63, 3.8) is 0 Å². The van der Waals surface area contributed by atoms with E-state index in [0.29, 0.717) is 24.4 Å². The number of nitrogens with one attached hydrogen (secondary N) is 1. The van der Waals surface area contributed by atoms with Gasteiger partial charge in [0, 0.05) is 39.8 Å². The first kappa shape index (κ1) is 16.5. The van der Waals surface area contributed by atoms with Crippen molar-refractivity contribution in [1.82, 2.24) is 20.0 Å². The van der Waals surface area contributed by atoms with E-state index in [9.17, 15) is 9.59 Å². The van der Waals surface area contributed by atoms with Gasteiger partial charge in [0.2, 0.25) is 5.91 Å². The summed E-state index contributed by atoms with van der Waals surface area (Å²) in [6, 6.07) is 0.506. The molecular formula is C16H29N5O2. The zero-order valence-electron chi connectivity index (χ0n) is 14.2. The summed E-state index contributed by atoms with van der Waals surface area (Å²) in [5.74, 6) is 1.26. The lowest BCUT2D eigenvalue weighted by molar-refractivity contribution is -0.131. The minimum absolute atomic E-state index is 0.0992. The van der Waals surface area contributed by atoms with Crippen LogP contribution in [0.25, 0.3) is 0 Å². The van der Waals surface area contributed by atoms with E-state index >= 15 is 0 Å². The summed E-state index contributed by atoms with van der Waals surface area (Å²) in [7, 11) is 3.60. The molecule has 2 aliphatic heterocycles. The number of likely N-dealkylation sites (tertiary alicyclic amines) is 2. The van der Waals surface area contributed by atoms with Gasteiger partial charge in [-0.15, -0.1) is 0 Å². The Bertz CT molecular complexity index is 455. The molecule has 0 aromatic rings. The third-order valence-electron chi connectivity index (χ3n) is 5.57. The molecule has 0 bridgehead atoms. The SMILES string of the molecule is CN(C)C(=O)N1C[C@H]2C[C@@H](NCC(=O)N3CCCC3N)C[C@H]2C1. The van der Waals surface area contributed by atoms with E-state index in [0.717, 1.165) is 45.3 Å². The van der Waals surface area contributed by atoms with E-state index in [1.54, 1.807) is 23.9 Å². The van der Waals surface area contributed by atoms with Crippen molar-refractivity contribution in [3.05, 3.63) is 0 Å². The van der Waals surface area contributed by atoms with Crippen molar-refractivity contribution in [2.24, 2.45) is 17.6 Å². The maximum atomic E-state index is 12.2. The molecule has 1 saturated carbocycles. The molecule has 3 rings (SSSR count). The highest BCUT2D eigenvalue weighted by Gasteiger charge is 2.42. The largest absolute Gasteiger partial charge is 0.331 e. The van der Waals surface area contributed by atoms with Gasteiger partial charge in [0.1, 0.15) is 0 Å². The topological polar surface area (TPSA) is 81.9 Å². The number of rotatable bonds is 3. The molecule has 7 nitrogen and oxygen atoms in total. The fourth-order valence-corrected chi connectivity index (χ4v) is 4.34. The molecule has 2 heterocycles. The van der Waals surface area contributed by atoms with Gasteiger partial charge in [0.05, 0.1) is 12.7 Å². The molecule has 130 valence electrons. The van der Waals surface area contributed by atoms with Gasteiger partial charge in [-0.3, -0.25) is 4.79 Å². The quantitative estimate of drug-likeness (QED) is 0.758. The van der Waals surface area contributed by atoms with E-state index < -0.39 is 0 Å². The molecule has 1 aliphatic carbocycles. The third-order valence-corrected chi connectivity index (χ3v) is 5.57. The second-order valence-corrected chi connectivity index (χ2v) is 7.45. The average Bonchev–Trinajstić information content (AvgIpc) is 3.17. The number of urea groups is 1. The van der Waals surface area contributed by atoms with Crippen LogP contribution in [0.15, 0.2) is 0 Å². The summed E-state index contributed by atoms with van der Waals surface area (Å²) in [4.78, 5) is 29.6. The molecule has 3 amide bonds. The van der Waals surface area contributed by atoms with Crippen LogP contribution in [0, 0.1) is 11.8 Å². The van der Waals surface area contributed by atoms with Crippen molar-refractivity contribution in [2.45, 2.75) is 37.9 Å². The lowest BCUT2D eigenvalue weighted by atomic mass is 10.0. The van der Waals surface area contributed by atoms with Crippen LogP contribution in [0.5, 0.6) is 0 Å². The molecule has 0 spiro atoms. The van der Waals surface area contributed by atoms with E-state index in [2.05, 4.69) is 5.32 Å². The monoisotopic (exact) mass is 323 g/mol. The van der Waals surface area contributed by atoms with Crippen LogP contribution in [0.2, 0.25) is 0 Å². The second kappa shape index (κ2) is 6.65. The highest BCUT2D eigenvalue weighted by molar-refractivity contribution is 5.78. The zero-order valence-corrected chi connectivity index (χ0v) is 14.2. The zero-order chi connectivity index (χ0) is 16.6. The van der Waals surface area contributed by atoms with Crippen LogP contribution < -0.4 is 11.1 Å². The maximum absolute atomic E-state index is 12.2. The second-order valence-electron chi connectivity index (χ2n) is 7.45. The molecule has 1 unspecified atom stereocenters. The fraction of sp³-hybridized carbons (Fsp3) is 0.875. The van der Waals surface area contributed by atoms with Gasteiger partial charge in [-0.2, -0.15) is 0 Å². The third kappa shape index (κ3) is 3.45. The van der Waals surface area contributed by atoms with Crippen LogP contribution in [-0.4, -0.2) is 79.1 Å². The minimum Gasteiger partial charge on any atom is -0.331 e. The Labute approximate surface area is 138 Å². The Kier molecular flexibility index (Phi) is 4.77. The number of nitrogens with zero attached hydrogens (tertiary/aromatic N) is 3. The lowest BCUT2D eigenvalue weighted by Gasteiger charge is -2.24. The summed E-state index contributed by atoms with van der Waals surface area (Å²) in [6.07, 6.45) is 3.94. The Morgan fingerprint density at radius 3 is 2.39 bits per heavy atom. The van der Waals surface area contributed by atoms with Crippen LogP contribution in [0.3, 0.4) is 0 Å². The summed E-state index contributed by atoms with van der Waals surface area (Å²) in [5.41, 5.74) is 5.94. The standard InChI is InChI=1S/C16H29N5O2/c1-19(2)16(23)20-9-11-6-13(7-12(11)10-20)18-8-15(22)21-5-3-4-14(21)17/h11-14,18H,3-10,17H2,1-2H3/t11-,12+,13-,14?. The van der Waals surface area contributed by atoms with E-state index in [-0.39, 0.29) is 18.1 Å². The lowest BCUT2D eigenvalue weighted by Crippen LogP contribution is -2.46. The van der Waals surface area contributed by atoms with Crippen molar-refractivity contribution in [3.8, 4) is 0 Å². The Morgan fingerprint density at radius 1 is 1.22 bits per heavy atom. The highest BCUT2D eigenvalue weighted by atomic mass is 16.2. The fourth-order valence-electron chi connectivity index (χ4n) is 4.34. The van der Waals surface area contributed by atoms with Gasteiger partial charge in [-0.25, -0.2) is 4.79 Å². The average molecular weight is 323 g/mol. The number of amides is 3. The maximum Gasteiger partial charge on any atom is 0.319 e. The predicted octanol–water partition coefficient (Wildman–Crippen LogP) is -0.125. The molecular weight excluding hydrogens is 294 g/mol. The van der Waals surface area contributed by atoms with Crippen molar-refractivity contribution < 1.29 is 9.59 Å². The molecule has 3 aliphatic rings. The summed E-state index contributed by atoms with van der Waals surface area (Å²) < 4.78 is 0. The van der Waals surface area contributed by atoms with Crippen LogP contribution >= 0.6 is 0 Å². The minimum atomic E-state index is -0.0992. The van der Waals surface area contributed by atoms with Gasteiger partial charge in [-0.05, 0) is 37.5 Å². The van der Waals surface area contributed by atoms with E-state index in [1.165, 1.54) is 0 Å². The van der Waals surface area contributed by atoms with Gasteiger partial charge >= 0.3 is 6.03 Å². The van der Waals surface area contributed by atoms with Crippen molar-refractivity contribution in [2.75, 3.05) is 40.3 Å². The summed E-state index contributed by atoms with van der Waals surface area (Å²) >= 11 is 0. The van der Waals surface area contributed by atoms with E-state index in [4.69, 9.17) is 5.73 Å². The number of nitrogens with two attached hydrogens (primary N) is 1. The number of hydrogen-bond acceptors (Lipinski definition) is 4. The molecule has 4 atom stereocenters. The molecule has 0 aromatic carbocycles. The normalized spacial score (nSPS) is 33.2. The van der Waals surface area contributed by atoms with Gasteiger partial charge in [0.25, 0.3) is 0 Å². The first-order valence-corrected chi connectivity index (χ1v) is 8.70. The number of carbonyl (C=O) groups is 2. The predicted molar refractivity (Wildman–Crippen MR) is 87.6 cm³/mol. The highest BCUT2D eigenvalue weighted by Crippen LogP contribution is 2.38. The Balaban J connectivity index is 1.42. The number of carbonyl (C=O) groups excluding carboxylic acids is 2. The number of fused-ring (bicyclic) bond motifs is 1. The van der Waals surface area contributed by atoms with Gasteiger partial charge in [0.15, 0.2) is 0 Å². The molecule has 0 aromatic heterocycles. The summed E-state index contributed by atoms with van der Waals surface area (Å²) in [5, 5.41) is 3.41. The van der Waals surface area contributed by atoms with E-state index in [1.807, 2.05) is 4.90 Å². The first-order valence-electron chi connectivity index (χ1n) is 8.70. The molecule has 2 saturated heterocycles.